The molecule has 0 radical (unpaired) electrons. The Balaban J connectivity index is 1.72. The Morgan fingerprint density at radius 1 is 1.07 bits per heavy atom. The number of carbonyl (C=O) groups is 2. The summed E-state index contributed by atoms with van der Waals surface area (Å²) in [6.07, 6.45) is 6.86. The molecule has 0 bridgehead atoms. The number of hydrogen-bond acceptors (Lipinski definition) is 6. The van der Waals surface area contributed by atoms with Gasteiger partial charge in [0.1, 0.15) is 5.69 Å². The minimum absolute atomic E-state index is 0.141. The van der Waals surface area contributed by atoms with E-state index in [-0.39, 0.29) is 23.9 Å². The van der Waals surface area contributed by atoms with E-state index < -0.39 is 0 Å². The lowest BCUT2D eigenvalue weighted by molar-refractivity contribution is 0.0949. The number of H-pyrrole nitrogens is 1. The number of rotatable bonds is 10. The van der Waals surface area contributed by atoms with Crippen LogP contribution in [-0.2, 0) is 6.54 Å². The third kappa shape index (κ3) is 6.81. The molecule has 4 rings (SSSR count). The van der Waals surface area contributed by atoms with Gasteiger partial charge < -0.3 is 20.1 Å². The van der Waals surface area contributed by atoms with E-state index in [9.17, 15) is 14.4 Å². The van der Waals surface area contributed by atoms with E-state index in [0.717, 1.165) is 72.1 Å². The molecule has 1 amide bonds. The summed E-state index contributed by atoms with van der Waals surface area (Å²) in [5, 5.41) is 3.05. The molecule has 0 atom stereocenters. The number of aldehydes is 1. The molecule has 0 unspecified atom stereocenters. The van der Waals surface area contributed by atoms with Crippen molar-refractivity contribution in [3.8, 4) is 11.1 Å². The van der Waals surface area contributed by atoms with Gasteiger partial charge in [-0.15, -0.1) is 0 Å². The maximum Gasteiger partial charge on any atom is 0.253 e. The van der Waals surface area contributed by atoms with Gasteiger partial charge in [-0.25, -0.2) is 0 Å². The first-order valence-electron chi connectivity index (χ1n) is 15.0. The van der Waals surface area contributed by atoms with E-state index in [1.165, 1.54) is 0 Å². The number of amides is 1. The number of benzene rings is 1. The van der Waals surface area contributed by atoms with Gasteiger partial charge in [-0.3, -0.25) is 19.4 Å². The molecule has 0 aliphatic heterocycles. The fourth-order valence-electron chi connectivity index (χ4n) is 6.26. The van der Waals surface area contributed by atoms with Gasteiger partial charge >= 0.3 is 0 Å². The molecule has 3 aromatic rings. The Labute approximate surface area is 249 Å². The Bertz CT molecular complexity index is 1470. The van der Waals surface area contributed by atoms with Crippen LogP contribution >= 0.6 is 0 Å². The Morgan fingerprint density at radius 2 is 1.76 bits per heavy atom. The maximum absolute atomic E-state index is 13.8. The van der Waals surface area contributed by atoms with Gasteiger partial charge in [0.25, 0.3) is 11.5 Å². The summed E-state index contributed by atoms with van der Waals surface area (Å²) in [4.78, 5) is 49.8. The van der Waals surface area contributed by atoms with Crippen LogP contribution in [0.2, 0.25) is 0 Å². The maximum atomic E-state index is 13.8. The number of hydrogen-bond donors (Lipinski definition) is 2. The molecular weight excluding hydrogens is 526 g/mol. The summed E-state index contributed by atoms with van der Waals surface area (Å²) in [6, 6.07) is 10.6. The zero-order chi connectivity index (χ0) is 30.6. The molecule has 42 heavy (non-hydrogen) atoms. The lowest BCUT2D eigenvalue weighted by Crippen LogP contribution is -2.42. The highest BCUT2D eigenvalue weighted by molar-refractivity contribution is 5.99. The molecular formula is C34H45N5O3. The zero-order valence-electron chi connectivity index (χ0n) is 26.1. The average molecular weight is 572 g/mol. The monoisotopic (exact) mass is 571 g/mol. The Hall–Kier alpha value is -3.78. The van der Waals surface area contributed by atoms with E-state index in [4.69, 9.17) is 0 Å². The molecule has 2 N–H and O–H groups in total. The number of anilines is 1. The molecule has 1 aliphatic carbocycles. The first kappa shape index (κ1) is 31.2. The van der Waals surface area contributed by atoms with Crippen molar-refractivity contribution in [3.63, 3.8) is 0 Å². The summed E-state index contributed by atoms with van der Waals surface area (Å²) in [5.41, 5.74) is 6.73. The fraction of sp³-hybridized carbons (Fsp3) is 0.471. The lowest BCUT2D eigenvalue weighted by atomic mass is 9.88. The molecule has 0 spiro atoms. The second-order valence-corrected chi connectivity index (χ2v) is 12.0. The van der Waals surface area contributed by atoms with E-state index >= 15 is 0 Å². The van der Waals surface area contributed by atoms with Crippen molar-refractivity contribution < 1.29 is 9.59 Å². The van der Waals surface area contributed by atoms with Gasteiger partial charge in [-0.2, -0.15) is 0 Å². The molecule has 2 aromatic heterocycles. The molecule has 2 heterocycles. The predicted octanol–water partition coefficient (Wildman–Crippen LogP) is 5.62. The van der Waals surface area contributed by atoms with Crippen LogP contribution in [0.5, 0.6) is 0 Å². The highest BCUT2D eigenvalue weighted by atomic mass is 16.2. The van der Waals surface area contributed by atoms with Crippen molar-refractivity contribution in [2.75, 3.05) is 25.5 Å². The van der Waals surface area contributed by atoms with Crippen LogP contribution in [0.25, 0.3) is 11.1 Å². The highest BCUT2D eigenvalue weighted by Gasteiger charge is 2.28. The van der Waals surface area contributed by atoms with Crippen LogP contribution < -0.4 is 15.8 Å². The Kier molecular flexibility index (Phi) is 9.99. The van der Waals surface area contributed by atoms with Crippen LogP contribution in [0.15, 0.2) is 41.3 Å². The van der Waals surface area contributed by atoms with E-state index in [1.54, 1.807) is 12.3 Å². The van der Waals surface area contributed by atoms with Crippen LogP contribution in [0, 0.1) is 13.8 Å². The van der Waals surface area contributed by atoms with Gasteiger partial charge in [0.2, 0.25) is 0 Å². The number of aromatic amines is 1. The van der Waals surface area contributed by atoms with E-state index in [2.05, 4.69) is 66.0 Å². The normalized spacial score (nSPS) is 17.0. The lowest BCUT2D eigenvalue weighted by Gasteiger charge is -2.40. The Morgan fingerprint density at radius 3 is 2.33 bits per heavy atom. The van der Waals surface area contributed by atoms with Gasteiger partial charge in [-0.1, -0.05) is 19.9 Å². The summed E-state index contributed by atoms with van der Waals surface area (Å²) in [7, 11) is 4.30. The van der Waals surface area contributed by atoms with Crippen molar-refractivity contribution in [3.05, 3.63) is 80.5 Å². The smallest absolute Gasteiger partial charge is 0.253 e. The SMILES string of the molecule is CCN(c1cc(-c2ccc(C=O)nc2)cc(C(=O)NCc2c(C(C)C)cc(C)[nH]c2=O)c1C)[C@H]1CC[C@H](N(C)C)CC1. The van der Waals surface area contributed by atoms with Crippen molar-refractivity contribution in [2.45, 2.75) is 84.8 Å². The minimum atomic E-state index is -0.227. The second-order valence-electron chi connectivity index (χ2n) is 12.0. The average Bonchev–Trinajstić information content (AvgIpc) is 2.97. The van der Waals surface area contributed by atoms with Crippen LogP contribution in [0.4, 0.5) is 5.69 Å². The molecule has 8 nitrogen and oxygen atoms in total. The third-order valence-corrected chi connectivity index (χ3v) is 8.71. The topological polar surface area (TPSA) is 98.4 Å². The molecule has 0 saturated heterocycles. The minimum Gasteiger partial charge on any atom is -0.369 e. The number of pyridine rings is 2. The van der Waals surface area contributed by atoms with Gasteiger partial charge in [0.05, 0.1) is 0 Å². The molecule has 1 aliphatic rings. The first-order valence-corrected chi connectivity index (χ1v) is 15.0. The largest absolute Gasteiger partial charge is 0.369 e. The van der Waals surface area contributed by atoms with Crippen LogP contribution in [-0.4, -0.2) is 59.8 Å². The number of carbonyl (C=O) groups excluding carboxylic acids is 2. The van der Waals surface area contributed by atoms with Crippen molar-refractivity contribution >= 4 is 17.9 Å². The third-order valence-electron chi connectivity index (χ3n) is 8.71. The van der Waals surface area contributed by atoms with Crippen LogP contribution in [0.1, 0.15) is 95.6 Å². The van der Waals surface area contributed by atoms with Gasteiger partial charge in [0, 0.05) is 59.4 Å². The van der Waals surface area contributed by atoms with E-state index in [1.807, 2.05) is 32.0 Å². The summed E-state index contributed by atoms with van der Waals surface area (Å²) in [6.45, 7) is 11.1. The number of nitrogens with one attached hydrogen (secondary N) is 2. The first-order chi connectivity index (χ1) is 20.0. The van der Waals surface area contributed by atoms with Crippen molar-refractivity contribution in [2.24, 2.45) is 0 Å². The molecule has 224 valence electrons. The summed E-state index contributed by atoms with van der Waals surface area (Å²) in [5.74, 6) is -0.0766. The van der Waals surface area contributed by atoms with Gasteiger partial charge in [-0.05, 0) is 107 Å². The van der Waals surface area contributed by atoms with Crippen LogP contribution in [0.3, 0.4) is 0 Å². The van der Waals surface area contributed by atoms with E-state index in [0.29, 0.717) is 28.9 Å². The summed E-state index contributed by atoms with van der Waals surface area (Å²) < 4.78 is 0. The molecule has 8 heteroatoms. The van der Waals surface area contributed by atoms with Crippen molar-refractivity contribution in [1.29, 1.82) is 0 Å². The number of aromatic nitrogens is 2. The van der Waals surface area contributed by atoms with Crippen molar-refractivity contribution in [1.82, 2.24) is 20.2 Å². The fourth-order valence-corrected chi connectivity index (χ4v) is 6.26. The predicted molar refractivity (Wildman–Crippen MR) is 170 cm³/mol. The summed E-state index contributed by atoms with van der Waals surface area (Å²) >= 11 is 0. The zero-order valence-corrected chi connectivity index (χ0v) is 26.1. The number of aryl methyl sites for hydroxylation is 1. The second kappa shape index (κ2) is 13.5. The van der Waals surface area contributed by atoms with Gasteiger partial charge in [0.15, 0.2) is 6.29 Å². The molecule has 1 saturated carbocycles. The highest BCUT2D eigenvalue weighted by Crippen LogP contribution is 2.35. The standard InChI is InChI=1S/C34H45N5O3/c1-8-39(28-13-11-27(12-14-28)38(6)7)32-17-25(24-9-10-26(20-40)35-18-24)16-30(23(32)5)33(41)36-19-31-29(21(2)3)15-22(4)37-34(31)42/h9-10,15-18,20-21,27-28H,8,11-14,19H2,1-7H3,(H,36,41)(H,37,42)/t27-,28-. The molecule has 1 aromatic carbocycles. The molecule has 1 fully saturated rings. The quantitative estimate of drug-likeness (QED) is 0.307. The number of nitrogens with zero attached hydrogens (tertiary/aromatic N) is 3.